The highest BCUT2D eigenvalue weighted by Crippen LogP contribution is 2.10. The summed E-state index contributed by atoms with van der Waals surface area (Å²) < 4.78 is 0. The molecule has 2 nitrogen and oxygen atoms in total. The maximum Gasteiger partial charge on any atom is 0.0647 e. The normalized spacial score (nSPS) is 9.27. The van der Waals surface area contributed by atoms with Crippen molar-refractivity contribution >= 4 is 11.8 Å². The van der Waals surface area contributed by atoms with Gasteiger partial charge in [0.15, 0.2) is 0 Å². The van der Waals surface area contributed by atoms with E-state index in [9.17, 15) is 0 Å². The highest BCUT2D eigenvalue weighted by atomic mass is 14.8. The van der Waals surface area contributed by atoms with Crippen LogP contribution in [-0.2, 0) is 0 Å². The lowest BCUT2D eigenvalue weighted by Gasteiger charge is -2.02. The zero-order valence-corrected chi connectivity index (χ0v) is 6.89. The van der Waals surface area contributed by atoms with Gasteiger partial charge in [0, 0.05) is 18.4 Å². The summed E-state index contributed by atoms with van der Waals surface area (Å²) in [6.07, 6.45) is 1.74. The molecule has 0 aliphatic rings. The van der Waals surface area contributed by atoms with Gasteiger partial charge in [-0.2, -0.15) is 0 Å². The first-order valence-electron chi connectivity index (χ1n) is 3.55. The van der Waals surface area contributed by atoms with E-state index in [1.54, 1.807) is 6.08 Å². The predicted molar refractivity (Wildman–Crippen MR) is 48.6 cm³/mol. The molecule has 0 amide bonds. The van der Waals surface area contributed by atoms with Gasteiger partial charge in [0.25, 0.3) is 0 Å². The molecule has 1 aromatic heterocycles. The molecule has 0 aromatic carbocycles. The van der Waals surface area contributed by atoms with Gasteiger partial charge >= 0.3 is 0 Å². The van der Waals surface area contributed by atoms with E-state index in [1.165, 1.54) is 0 Å². The van der Waals surface area contributed by atoms with Crippen LogP contribution >= 0.6 is 0 Å². The number of hydrogen-bond acceptors (Lipinski definition) is 2. The molecule has 0 saturated carbocycles. The summed E-state index contributed by atoms with van der Waals surface area (Å²) in [4.78, 5) is 4.24. The molecular weight excluding hydrogens is 136 g/mol. The van der Waals surface area contributed by atoms with Gasteiger partial charge in [-0.3, -0.25) is 4.98 Å². The molecular formula is C9H12N2. The molecule has 0 radical (unpaired) electrons. The molecule has 0 spiro atoms. The minimum atomic E-state index is 0.911. The van der Waals surface area contributed by atoms with Crippen LogP contribution < -0.4 is 5.32 Å². The van der Waals surface area contributed by atoms with E-state index in [1.807, 2.05) is 26.1 Å². The van der Waals surface area contributed by atoms with E-state index in [-0.39, 0.29) is 0 Å². The SMILES string of the molecule is C=Cc1cc(NC)cc(C)n1. The number of nitrogens with zero attached hydrogens (tertiary/aromatic N) is 1. The van der Waals surface area contributed by atoms with Crippen molar-refractivity contribution in [2.75, 3.05) is 12.4 Å². The first-order chi connectivity index (χ1) is 5.26. The molecule has 1 N–H and O–H groups in total. The maximum absolute atomic E-state index is 4.24. The average molecular weight is 148 g/mol. The second-order valence-corrected chi connectivity index (χ2v) is 2.38. The summed E-state index contributed by atoms with van der Waals surface area (Å²) >= 11 is 0. The molecule has 0 aliphatic heterocycles. The van der Waals surface area contributed by atoms with Gasteiger partial charge in [-0.05, 0) is 25.1 Å². The number of nitrogens with one attached hydrogen (secondary N) is 1. The Bertz CT molecular complexity index is 266. The topological polar surface area (TPSA) is 24.9 Å². The molecule has 0 atom stereocenters. The lowest BCUT2D eigenvalue weighted by molar-refractivity contribution is 1.18. The van der Waals surface area contributed by atoms with Crippen LogP contribution in [0.1, 0.15) is 11.4 Å². The van der Waals surface area contributed by atoms with Crippen molar-refractivity contribution in [2.24, 2.45) is 0 Å². The van der Waals surface area contributed by atoms with Gasteiger partial charge in [-0.1, -0.05) is 6.58 Å². The predicted octanol–water partition coefficient (Wildman–Crippen LogP) is 2.07. The fraction of sp³-hybridized carbons (Fsp3) is 0.222. The summed E-state index contributed by atoms with van der Waals surface area (Å²) in [5.74, 6) is 0. The van der Waals surface area contributed by atoms with Crippen LogP contribution in [-0.4, -0.2) is 12.0 Å². The number of aromatic nitrogens is 1. The molecule has 1 rings (SSSR count). The third kappa shape index (κ3) is 1.80. The Balaban J connectivity index is 3.11. The Labute approximate surface area is 67.0 Å². The van der Waals surface area contributed by atoms with Gasteiger partial charge in [0.2, 0.25) is 0 Å². The van der Waals surface area contributed by atoms with E-state index >= 15 is 0 Å². The monoisotopic (exact) mass is 148 g/mol. The van der Waals surface area contributed by atoms with Crippen LogP contribution in [0.25, 0.3) is 6.08 Å². The van der Waals surface area contributed by atoms with Crippen molar-refractivity contribution in [1.29, 1.82) is 0 Å². The second kappa shape index (κ2) is 3.19. The van der Waals surface area contributed by atoms with Crippen LogP contribution in [0.4, 0.5) is 5.69 Å². The van der Waals surface area contributed by atoms with E-state index in [0.29, 0.717) is 0 Å². The largest absolute Gasteiger partial charge is 0.388 e. The summed E-state index contributed by atoms with van der Waals surface area (Å²) in [5, 5.41) is 3.05. The van der Waals surface area contributed by atoms with Crippen molar-refractivity contribution in [3.05, 3.63) is 30.1 Å². The zero-order valence-electron chi connectivity index (χ0n) is 6.89. The highest BCUT2D eigenvalue weighted by molar-refractivity contribution is 5.53. The third-order valence-corrected chi connectivity index (χ3v) is 1.47. The Kier molecular flexibility index (Phi) is 2.26. The number of anilines is 1. The van der Waals surface area contributed by atoms with E-state index in [2.05, 4.69) is 16.9 Å². The van der Waals surface area contributed by atoms with Crippen LogP contribution in [0.3, 0.4) is 0 Å². The smallest absolute Gasteiger partial charge is 0.0647 e. The van der Waals surface area contributed by atoms with Crippen LogP contribution in [0, 0.1) is 6.92 Å². The highest BCUT2D eigenvalue weighted by Gasteiger charge is 1.93. The second-order valence-electron chi connectivity index (χ2n) is 2.38. The zero-order chi connectivity index (χ0) is 8.27. The summed E-state index contributed by atoms with van der Waals surface area (Å²) in [5.41, 5.74) is 2.99. The van der Waals surface area contributed by atoms with Gasteiger partial charge < -0.3 is 5.32 Å². The first-order valence-corrected chi connectivity index (χ1v) is 3.55. The molecule has 2 heteroatoms. The molecule has 1 aromatic rings. The maximum atomic E-state index is 4.24. The minimum Gasteiger partial charge on any atom is -0.388 e. The number of pyridine rings is 1. The van der Waals surface area contributed by atoms with Gasteiger partial charge in [-0.25, -0.2) is 0 Å². The van der Waals surface area contributed by atoms with Crippen molar-refractivity contribution in [3.63, 3.8) is 0 Å². The summed E-state index contributed by atoms with van der Waals surface area (Å²) in [6, 6.07) is 3.95. The fourth-order valence-corrected chi connectivity index (χ4v) is 0.943. The van der Waals surface area contributed by atoms with E-state index < -0.39 is 0 Å². The quantitative estimate of drug-likeness (QED) is 0.694. The lowest BCUT2D eigenvalue weighted by Crippen LogP contribution is -1.92. The Morgan fingerprint density at radius 1 is 1.55 bits per heavy atom. The van der Waals surface area contributed by atoms with Crippen LogP contribution in [0.2, 0.25) is 0 Å². The standard InChI is InChI=1S/C9H12N2/c1-4-8-6-9(10-3)5-7(2)11-8/h4-6H,1H2,2-3H3,(H,10,11). The molecule has 0 fully saturated rings. The molecule has 58 valence electrons. The molecule has 0 bridgehead atoms. The van der Waals surface area contributed by atoms with Gasteiger partial charge in [0.1, 0.15) is 0 Å². The average Bonchev–Trinajstić information content (AvgIpc) is 2.03. The first kappa shape index (κ1) is 7.79. The minimum absolute atomic E-state index is 0.911. The van der Waals surface area contributed by atoms with Gasteiger partial charge in [-0.15, -0.1) is 0 Å². The molecule has 0 unspecified atom stereocenters. The van der Waals surface area contributed by atoms with Crippen molar-refractivity contribution in [1.82, 2.24) is 4.98 Å². The molecule has 0 aliphatic carbocycles. The molecule has 11 heavy (non-hydrogen) atoms. The molecule has 1 heterocycles. The van der Waals surface area contributed by atoms with Gasteiger partial charge in [0.05, 0.1) is 5.69 Å². The lowest BCUT2D eigenvalue weighted by atomic mass is 10.2. The van der Waals surface area contributed by atoms with Crippen LogP contribution in [0.5, 0.6) is 0 Å². The number of hydrogen-bond donors (Lipinski definition) is 1. The van der Waals surface area contributed by atoms with Crippen molar-refractivity contribution < 1.29 is 0 Å². The van der Waals surface area contributed by atoms with E-state index in [4.69, 9.17) is 0 Å². The Morgan fingerprint density at radius 2 is 2.27 bits per heavy atom. The number of rotatable bonds is 2. The fourth-order valence-electron chi connectivity index (χ4n) is 0.943. The van der Waals surface area contributed by atoms with Crippen molar-refractivity contribution in [2.45, 2.75) is 6.92 Å². The number of aryl methyl sites for hydroxylation is 1. The molecule has 0 saturated heterocycles. The summed E-state index contributed by atoms with van der Waals surface area (Å²) in [6.45, 7) is 5.62. The van der Waals surface area contributed by atoms with Crippen LogP contribution in [0.15, 0.2) is 18.7 Å². The Hall–Kier alpha value is -1.31. The third-order valence-electron chi connectivity index (χ3n) is 1.47. The Morgan fingerprint density at radius 3 is 2.82 bits per heavy atom. The van der Waals surface area contributed by atoms with Crippen molar-refractivity contribution in [3.8, 4) is 0 Å². The summed E-state index contributed by atoms with van der Waals surface area (Å²) in [7, 11) is 1.89. The van der Waals surface area contributed by atoms with E-state index in [0.717, 1.165) is 17.1 Å².